The Balaban J connectivity index is 2.85. The number of halogens is 2. The molecule has 2 N–H and O–H groups in total. The minimum absolute atomic E-state index is 0.0531. The predicted octanol–water partition coefficient (Wildman–Crippen LogP) is 2.31. The van der Waals surface area contributed by atoms with Crippen LogP contribution in [0, 0.1) is 0 Å². The van der Waals surface area contributed by atoms with Gasteiger partial charge in [-0.25, -0.2) is 4.79 Å². The summed E-state index contributed by atoms with van der Waals surface area (Å²) in [6.07, 6.45) is 3.01. The Morgan fingerprint density at radius 3 is 2.45 bits per heavy atom. The fraction of sp³-hybridized carbons (Fsp3) is 0.286. The van der Waals surface area contributed by atoms with Crippen LogP contribution in [0.15, 0.2) is 42.5 Å². The van der Waals surface area contributed by atoms with Gasteiger partial charge < -0.3 is 10.4 Å². The summed E-state index contributed by atoms with van der Waals surface area (Å²) in [5.74, 6) is -6.76. The van der Waals surface area contributed by atoms with Crippen molar-refractivity contribution in [3.05, 3.63) is 48.0 Å². The fourth-order valence-corrected chi connectivity index (χ4v) is 1.52. The molecule has 20 heavy (non-hydrogen) atoms. The molecule has 0 saturated heterocycles. The number of allylic oxidation sites excluding steroid dienone is 1. The van der Waals surface area contributed by atoms with Gasteiger partial charge in [-0.05, 0) is 13.3 Å². The van der Waals surface area contributed by atoms with E-state index in [1.54, 1.807) is 19.1 Å². The van der Waals surface area contributed by atoms with E-state index in [0.29, 0.717) is 0 Å². The van der Waals surface area contributed by atoms with E-state index in [4.69, 9.17) is 5.11 Å². The average Bonchev–Trinajstić information content (AvgIpc) is 2.43. The maximum absolute atomic E-state index is 13.9. The zero-order chi connectivity index (χ0) is 15.2. The summed E-state index contributed by atoms with van der Waals surface area (Å²) in [5.41, 5.74) is -0.479. The van der Waals surface area contributed by atoms with Crippen LogP contribution in [0.2, 0.25) is 0 Å². The number of nitrogens with one attached hydrogen (secondary N) is 1. The van der Waals surface area contributed by atoms with Crippen LogP contribution in [0.3, 0.4) is 0 Å². The second kappa shape index (κ2) is 6.79. The number of hydrogen-bond acceptors (Lipinski definition) is 2. The average molecular weight is 283 g/mol. The molecule has 0 heterocycles. The lowest BCUT2D eigenvalue weighted by Gasteiger charge is -2.19. The summed E-state index contributed by atoms with van der Waals surface area (Å²) >= 11 is 0. The van der Waals surface area contributed by atoms with Crippen LogP contribution in [0.5, 0.6) is 0 Å². The van der Waals surface area contributed by atoms with Gasteiger partial charge in [0.05, 0.1) is 0 Å². The van der Waals surface area contributed by atoms with Gasteiger partial charge in [0.15, 0.2) is 0 Å². The van der Waals surface area contributed by atoms with Crippen LogP contribution in [0.4, 0.5) is 8.78 Å². The number of carbonyl (C=O) groups excluding carboxylic acids is 1. The minimum atomic E-state index is -3.77. The first kappa shape index (κ1) is 15.8. The molecular weight excluding hydrogens is 268 g/mol. The Kier molecular flexibility index (Phi) is 5.37. The molecule has 108 valence electrons. The number of alkyl halides is 2. The Labute approximate surface area is 115 Å². The number of amides is 1. The Hall–Kier alpha value is -2.24. The third kappa shape index (κ3) is 3.88. The van der Waals surface area contributed by atoms with E-state index in [1.807, 2.05) is 5.32 Å². The van der Waals surface area contributed by atoms with Crippen molar-refractivity contribution < 1.29 is 23.5 Å². The highest BCUT2D eigenvalue weighted by Gasteiger charge is 2.42. The monoisotopic (exact) mass is 283 g/mol. The highest BCUT2D eigenvalue weighted by atomic mass is 19.3. The number of aliphatic carboxylic acids is 1. The number of hydrogen-bond donors (Lipinski definition) is 2. The molecule has 1 unspecified atom stereocenters. The van der Waals surface area contributed by atoms with E-state index < -0.39 is 29.4 Å². The number of carboxylic acids is 1. The van der Waals surface area contributed by atoms with Crippen LogP contribution < -0.4 is 5.32 Å². The van der Waals surface area contributed by atoms with E-state index in [0.717, 1.165) is 12.1 Å². The Morgan fingerprint density at radius 2 is 1.95 bits per heavy atom. The summed E-state index contributed by atoms with van der Waals surface area (Å²) in [6.45, 7) is 1.67. The summed E-state index contributed by atoms with van der Waals surface area (Å²) < 4.78 is 27.7. The van der Waals surface area contributed by atoms with E-state index in [2.05, 4.69) is 0 Å². The SMILES string of the molecule is C/C=C/CC(NC(=O)C(F)(F)c1ccccc1)C(=O)O. The number of carboxylic acid groups (broad SMARTS) is 1. The summed E-state index contributed by atoms with van der Waals surface area (Å²) in [7, 11) is 0. The first-order valence-corrected chi connectivity index (χ1v) is 5.98. The summed E-state index contributed by atoms with van der Waals surface area (Å²) in [6, 6.07) is 5.15. The van der Waals surface area contributed by atoms with E-state index in [1.165, 1.54) is 18.2 Å². The minimum Gasteiger partial charge on any atom is -0.480 e. The molecule has 1 atom stereocenters. The second-order valence-corrected chi connectivity index (χ2v) is 4.11. The van der Waals surface area contributed by atoms with Crippen LogP contribution >= 0.6 is 0 Å². The van der Waals surface area contributed by atoms with Crippen molar-refractivity contribution in [2.75, 3.05) is 0 Å². The van der Waals surface area contributed by atoms with Crippen molar-refractivity contribution >= 4 is 11.9 Å². The number of carbonyl (C=O) groups is 2. The van der Waals surface area contributed by atoms with Crippen molar-refractivity contribution in [2.45, 2.75) is 25.3 Å². The zero-order valence-electron chi connectivity index (χ0n) is 10.8. The topological polar surface area (TPSA) is 66.4 Å². The van der Waals surface area contributed by atoms with Crippen molar-refractivity contribution in [1.82, 2.24) is 5.32 Å². The molecule has 0 fully saturated rings. The smallest absolute Gasteiger partial charge is 0.349 e. The van der Waals surface area contributed by atoms with E-state index >= 15 is 0 Å². The van der Waals surface area contributed by atoms with Crippen molar-refractivity contribution in [2.24, 2.45) is 0 Å². The second-order valence-electron chi connectivity index (χ2n) is 4.11. The van der Waals surface area contributed by atoms with E-state index in [9.17, 15) is 18.4 Å². The molecule has 4 nitrogen and oxygen atoms in total. The molecule has 0 aliphatic carbocycles. The molecule has 0 bridgehead atoms. The lowest BCUT2D eigenvalue weighted by atomic mass is 10.1. The molecule has 1 aromatic carbocycles. The largest absolute Gasteiger partial charge is 0.480 e. The van der Waals surface area contributed by atoms with Crippen LogP contribution in [0.1, 0.15) is 18.9 Å². The fourth-order valence-electron chi connectivity index (χ4n) is 1.52. The van der Waals surface area contributed by atoms with Gasteiger partial charge in [0, 0.05) is 5.56 Å². The molecule has 1 rings (SSSR count). The van der Waals surface area contributed by atoms with Crippen molar-refractivity contribution in [1.29, 1.82) is 0 Å². The maximum Gasteiger partial charge on any atom is 0.349 e. The molecule has 0 radical (unpaired) electrons. The van der Waals surface area contributed by atoms with Crippen molar-refractivity contribution in [3.63, 3.8) is 0 Å². The van der Waals surface area contributed by atoms with Gasteiger partial charge in [-0.3, -0.25) is 4.79 Å². The van der Waals surface area contributed by atoms with Crippen LogP contribution in [0.25, 0.3) is 0 Å². The zero-order valence-corrected chi connectivity index (χ0v) is 10.8. The van der Waals surface area contributed by atoms with Gasteiger partial charge in [-0.1, -0.05) is 42.5 Å². The van der Waals surface area contributed by atoms with Gasteiger partial charge in [-0.2, -0.15) is 8.78 Å². The normalized spacial score (nSPS) is 13.2. The number of rotatable bonds is 6. The lowest BCUT2D eigenvalue weighted by Crippen LogP contribution is -2.47. The Bertz CT molecular complexity index is 500. The molecule has 0 saturated carbocycles. The molecule has 0 aliphatic heterocycles. The summed E-state index contributed by atoms with van der Waals surface area (Å²) in [4.78, 5) is 22.5. The van der Waals surface area contributed by atoms with Crippen molar-refractivity contribution in [3.8, 4) is 0 Å². The third-order valence-corrected chi connectivity index (χ3v) is 2.63. The molecule has 1 aromatic rings. The van der Waals surface area contributed by atoms with E-state index in [-0.39, 0.29) is 6.42 Å². The first-order chi connectivity index (χ1) is 9.39. The molecular formula is C14H15F2NO3. The predicted molar refractivity (Wildman–Crippen MR) is 69.3 cm³/mol. The molecule has 0 aliphatic rings. The van der Waals surface area contributed by atoms with Gasteiger partial charge in [0.25, 0.3) is 5.91 Å². The Morgan fingerprint density at radius 1 is 1.35 bits per heavy atom. The highest BCUT2D eigenvalue weighted by molar-refractivity contribution is 5.89. The maximum atomic E-state index is 13.9. The van der Waals surface area contributed by atoms with Crippen LogP contribution in [-0.2, 0) is 15.5 Å². The van der Waals surface area contributed by atoms with Gasteiger partial charge in [-0.15, -0.1) is 0 Å². The standard InChI is InChI=1S/C14H15F2NO3/c1-2-3-9-11(12(18)19)17-13(20)14(15,16)10-7-5-4-6-8-10/h2-8,11H,9H2,1H3,(H,17,20)(H,18,19)/b3-2+. The molecule has 0 aromatic heterocycles. The first-order valence-electron chi connectivity index (χ1n) is 5.98. The van der Waals surface area contributed by atoms with Gasteiger partial charge >= 0.3 is 11.9 Å². The third-order valence-electron chi connectivity index (χ3n) is 2.63. The quantitative estimate of drug-likeness (QED) is 0.787. The van der Waals surface area contributed by atoms with Gasteiger partial charge in [0.2, 0.25) is 0 Å². The number of benzene rings is 1. The molecule has 6 heteroatoms. The van der Waals surface area contributed by atoms with Crippen LogP contribution in [-0.4, -0.2) is 23.0 Å². The highest BCUT2D eigenvalue weighted by Crippen LogP contribution is 2.28. The van der Waals surface area contributed by atoms with Gasteiger partial charge in [0.1, 0.15) is 6.04 Å². The lowest BCUT2D eigenvalue weighted by molar-refractivity contribution is -0.152. The molecule has 1 amide bonds. The molecule has 0 spiro atoms. The summed E-state index contributed by atoms with van der Waals surface area (Å²) in [5, 5.41) is 10.7.